The van der Waals surface area contributed by atoms with Gasteiger partial charge in [0.2, 0.25) is 0 Å². The van der Waals surface area contributed by atoms with E-state index in [4.69, 9.17) is 9.15 Å². The molecule has 4 nitrogen and oxygen atoms in total. The van der Waals surface area contributed by atoms with Crippen LogP contribution >= 0.6 is 11.3 Å². The van der Waals surface area contributed by atoms with Crippen LogP contribution < -0.4 is 9.68 Å². The Kier molecular flexibility index (Phi) is 3.41. The molecule has 0 bridgehead atoms. The van der Waals surface area contributed by atoms with E-state index in [1.165, 1.54) is 6.07 Å². The maximum absolute atomic E-state index is 12.0. The van der Waals surface area contributed by atoms with Gasteiger partial charge in [0, 0.05) is 6.07 Å². The number of hydrogen-bond acceptors (Lipinski definition) is 5. The number of fused-ring (bicyclic) bond motifs is 1. The monoisotopic (exact) mass is 298 g/mol. The quantitative estimate of drug-likeness (QED) is 0.546. The van der Waals surface area contributed by atoms with Crippen LogP contribution in [0, 0.1) is 0 Å². The number of carbonyl (C=O) groups excluding carboxylic acids is 1. The number of carbonyl (C=O) groups is 1. The number of hydrogen-bond donors (Lipinski definition) is 0. The molecule has 0 aliphatic rings. The van der Waals surface area contributed by atoms with Crippen LogP contribution in [-0.4, -0.2) is 5.97 Å². The zero-order valence-electron chi connectivity index (χ0n) is 10.9. The Morgan fingerprint density at radius 1 is 1.19 bits per heavy atom. The van der Waals surface area contributed by atoms with E-state index in [2.05, 4.69) is 6.58 Å². The lowest BCUT2D eigenvalue weighted by Gasteiger charge is -2.04. The Balaban J connectivity index is 1.84. The highest BCUT2D eigenvalue weighted by Crippen LogP contribution is 2.23. The summed E-state index contributed by atoms with van der Waals surface area (Å²) in [6.07, 6.45) is 1.70. The molecule has 104 valence electrons. The third-order valence-electron chi connectivity index (χ3n) is 2.89. The summed E-state index contributed by atoms with van der Waals surface area (Å²) in [6.45, 7) is 3.65. The van der Waals surface area contributed by atoms with Crippen LogP contribution in [0.5, 0.6) is 5.75 Å². The first-order chi connectivity index (χ1) is 10.2. The molecule has 0 radical (unpaired) electrons. The van der Waals surface area contributed by atoms with Gasteiger partial charge >= 0.3 is 10.9 Å². The molecule has 1 aromatic heterocycles. The first-order valence-corrected chi connectivity index (χ1v) is 6.96. The van der Waals surface area contributed by atoms with E-state index < -0.39 is 5.97 Å². The summed E-state index contributed by atoms with van der Waals surface area (Å²) >= 11 is 1.01. The fourth-order valence-corrected chi connectivity index (χ4v) is 2.49. The van der Waals surface area contributed by atoms with Crippen molar-refractivity contribution in [2.75, 3.05) is 0 Å². The van der Waals surface area contributed by atoms with Crippen molar-refractivity contribution in [3.05, 3.63) is 69.9 Å². The summed E-state index contributed by atoms with van der Waals surface area (Å²) in [7, 11) is 0. The molecule has 0 N–H and O–H groups in total. The highest BCUT2D eigenvalue weighted by molar-refractivity contribution is 7.16. The van der Waals surface area contributed by atoms with Gasteiger partial charge in [-0.3, -0.25) is 0 Å². The predicted molar refractivity (Wildman–Crippen MR) is 81.9 cm³/mol. The zero-order valence-corrected chi connectivity index (χ0v) is 11.7. The van der Waals surface area contributed by atoms with Crippen LogP contribution in [0.15, 0.2) is 58.3 Å². The highest BCUT2D eigenvalue weighted by atomic mass is 32.1. The Bertz CT molecular complexity index is 871. The van der Waals surface area contributed by atoms with Gasteiger partial charge in [0.25, 0.3) is 0 Å². The molecule has 0 saturated carbocycles. The molecule has 1 heterocycles. The van der Waals surface area contributed by atoms with Gasteiger partial charge in [0.15, 0.2) is 5.58 Å². The van der Waals surface area contributed by atoms with Gasteiger partial charge in [-0.2, -0.15) is 0 Å². The summed E-state index contributed by atoms with van der Waals surface area (Å²) in [5.41, 5.74) is 1.78. The first kappa shape index (κ1) is 13.3. The lowest BCUT2D eigenvalue weighted by atomic mass is 10.1. The summed E-state index contributed by atoms with van der Waals surface area (Å²) in [5.74, 6) is -0.135. The lowest BCUT2D eigenvalue weighted by Crippen LogP contribution is -2.08. The van der Waals surface area contributed by atoms with Gasteiger partial charge in [-0.05, 0) is 29.8 Å². The minimum Gasteiger partial charge on any atom is -0.423 e. The predicted octanol–water partition coefficient (Wildman–Crippen LogP) is 3.72. The van der Waals surface area contributed by atoms with Crippen molar-refractivity contribution in [2.45, 2.75) is 0 Å². The number of esters is 1. The Labute approximate surface area is 123 Å². The Morgan fingerprint density at radius 2 is 1.95 bits per heavy atom. The van der Waals surface area contributed by atoms with Crippen LogP contribution in [0.25, 0.3) is 16.4 Å². The van der Waals surface area contributed by atoms with E-state index in [0.29, 0.717) is 16.9 Å². The minimum atomic E-state index is -0.470. The van der Waals surface area contributed by atoms with Crippen molar-refractivity contribution in [3.63, 3.8) is 0 Å². The van der Waals surface area contributed by atoms with E-state index in [9.17, 15) is 9.59 Å². The average Bonchev–Trinajstić information content (AvgIpc) is 2.86. The summed E-state index contributed by atoms with van der Waals surface area (Å²) in [4.78, 5) is 22.8. The van der Waals surface area contributed by atoms with Crippen LogP contribution in [-0.2, 0) is 0 Å². The van der Waals surface area contributed by atoms with Gasteiger partial charge < -0.3 is 9.15 Å². The van der Waals surface area contributed by atoms with E-state index >= 15 is 0 Å². The Hall–Kier alpha value is -2.66. The third kappa shape index (κ3) is 2.78. The number of ether oxygens (including phenoxy) is 1. The summed E-state index contributed by atoms with van der Waals surface area (Å²) < 4.78 is 11.0. The van der Waals surface area contributed by atoms with E-state index in [-0.39, 0.29) is 4.94 Å². The molecule has 3 aromatic rings. The van der Waals surface area contributed by atoms with Crippen LogP contribution in [0.3, 0.4) is 0 Å². The van der Waals surface area contributed by atoms with E-state index in [0.717, 1.165) is 21.6 Å². The molecule has 21 heavy (non-hydrogen) atoms. The normalized spacial score (nSPS) is 10.5. The van der Waals surface area contributed by atoms with E-state index in [1.807, 2.05) is 0 Å². The molecule has 0 spiro atoms. The SMILES string of the molecule is C=Cc1ccc(C(=O)Oc2ccc3sc(=O)oc3c2)cc1. The van der Waals surface area contributed by atoms with Crippen LogP contribution in [0.4, 0.5) is 0 Å². The molecule has 3 rings (SSSR count). The molecule has 0 unspecified atom stereocenters. The standard InChI is InChI=1S/C16H10O4S/c1-2-10-3-5-11(6-4-10)15(17)19-12-7-8-14-13(9-12)20-16(18)21-14/h2-9H,1H2. The number of benzene rings is 2. The summed E-state index contributed by atoms with van der Waals surface area (Å²) in [6, 6.07) is 11.8. The van der Waals surface area contributed by atoms with Crippen molar-refractivity contribution in [3.8, 4) is 5.75 Å². The minimum absolute atomic E-state index is 0.335. The average molecular weight is 298 g/mol. The largest absolute Gasteiger partial charge is 0.423 e. The molecule has 0 aliphatic heterocycles. The van der Waals surface area contributed by atoms with E-state index in [1.54, 1.807) is 42.5 Å². The van der Waals surface area contributed by atoms with Crippen molar-refractivity contribution in [1.29, 1.82) is 0 Å². The topological polar surface area (TPSA) is 56.5 Å². The highest BCUT2D eigenvalue weighted by Gasteiger charge is 2.10. The van der Waals surface area contributed by atoms with Gasteiger partial charge in [-0.25, -0.2) is 9.59 Å². The van der Waals surface area contributed by atoms with Crippen molar-refractivity contribution >= 4 is 33.7 Å². The molecule has 0 aliphatic carbocycles. The molecule has 0 saturated heterocycles. The van der Waals surface area contributed by atoms with Crippen LogP contribution in [0.1, 0.15) is 15.9 Å². The zero-order chi connectivity index (χ0) is 14.8. The second kappa shape index (κ2) is 5.38. The van der Waals surface area contributed by atoms with Crippen LogP contribution in [0.2, 0.25) is 0 Å². The molecule has 5 heteroatoms. The number of rotatable bonds is 3. The molecule has 0 amide bonds. The molecule has 2 aromatic carbocycles. The van der Waals surface area contributed by atoms with Crippen molar-refractivity contribution < 1.29 is 13.9 Å². The smallest absolute Gasteiger partial charge is 0.396 e. The molecular formula is C16H10O4S. The second-order valence-corrected chi connectivity index (χ2v) is 5.26. The molecule has 0 atom stereocenters. The maximum atomic E-state index is 12.0. The third-order valence-corrected chi connectivity index (χ3v) is 3.70. The molecule has 0 fully saturated rings. The van der Waals surface area contributed by atoms with Crippen molar-refractivity contribution in [1.82, 2.24) is 0 Å². The van der Waals surface area contributed by atoms with Gasteiger partial charge in [0.1, 0.15) is 5.75 Å². The second-order valence-electron chi connectivity index (χ2n) is 4.28. The van der Waals surface area contributed by atoms with Crippen molar-refractivity contribution in [2.24, 2.45) is 0 Å². The maximum Gasteiger partial charge on any atom is 0.396 e. The van der Waals surface area contributed by atoms with Gasteiger partial charge in [-0.15, -0.1) is 0 Å². The molecular weight excluding hydrogens is 288 g/mol. The lowest BCUT2D eigenvalue weighted by molar-refractivity contribution is 0.0735. The Morgan fingerprint density at radius 3 is 2.67 bits per heavy atom. The van der Waals surface area contributed by atoms with Gasteiger partial charge in [-0.1, -0.05) is 36.1 Å². The summed E-state index contributed by atoms with van der Waals surface area (Å²) in [5, 5.41) is 0. The fourth-order valence-electron chi connectivity index (χ4n) is 1.84. The fraction of sp³-hybridized carbons (Fsp3) is 0. The van der Waals surface area contributed by atoms with Gasteiger partial charge in [0.05, 0.1) is 10.3 Å². The first-order valence-electron chi connectivity index (χ1n) is 6.14.